The van der Waals surface area contributed by atoms with Crippen LogP contribution in [0.25, 0.3) is 11.2 Å². The fourth-order valence-electron chi connectivity index (χ4n) is 7.58. The first kappa shape index (κ1) is 39.3. The summed E-state index contributed by atoms with van der Waals surface area (Å²) in [6, 6.07) is 12.6. The highest BCUT2D eigenvalue weighted by molar-refractivity contribution is 5.84. The Morgan fingerprint density at radius 3 is 2.47 bits per heavy atom. The molecule has 1 aliphatic rings. The number of nitrogens with zero attached hydrogens (tertiary/aromatic N) is 4. The van der Waals surface area contributed by atoms with E-state index in [1.807, 2.05) is 52.0 Å². The number of fused-ring (bicyclic) bond motifs is 1. The van der Waals surface area contributed by atoms with E-state index in [0.29, 0.717) is 41.7 Å². The Kier molecular flexibility index (Phi) is 12.5. The first-order chi connectivity index (χ1) is 25.1. The molecule has 5 rings (SSSR count). The van der Waals surface area contributed by atoms with Gasteiger partial charge in [-0.1, -0.05) is 56.7 Å². The molecule has 284 valence electrons. The largest absolute Gasteiger partial charge is 0.480 e. The lowest BCUT2D eigenvalue weighted by Crippen LogP contribution is -2.43. The monoisotopic (exact) mass is 730 g/mol. The number of carboxylic acids is 1. The van der Waals surface area contributed by atoms with Gasteiger partial charge in [-0.3, -0.25) is 14.2 Å². The van der Waals surface area contributed by atoms with E-state index in [-0.39, 0.29) is 24.6 Å². The van der Waals surface area contributed by atoms with Crippen molar-refractivity contribution in [3.63, 3.8) is 0 Å². The van der Waals surface area contributed by atoms with E-state index in [2.05, 4.69) is 32.4 Å². The number of carbonyl (C=O) groups excluding carboxylic acids is 2. The van der Waals surface area contributed by atoms with Crippen molar-refractivity contribution >= 4 is 34.8 Å². The quantitative estimate of drug-likeness (QED) is 0.0806. The van der Waals surface area contributed by atoms with E-state index in [9.17, 15) is 29.7 Å². The second-order valence-corrected chi connectivity index (χ2v) is 14.8. The van der Waals surface area contributed by atoms with Crippen molar-refractivity contribution in [1.82, 2.24) is 24.8 Å². The lowest BCUT2D eigenvalue weighted by molar-refractivity contribution is -0.142. The van der Waals surface area contributed by atoms with Gasteiger partial charge in [-0.25, -0.2) is 19.7 Å². The Labute approximate surface area is 308 Å². The zero-order chi connectivity index (χ0) is 38.4. The number of anilines is 1. The maximum absolute atomic E-state index is 13.5. The summed E-state index contributed by atoms with van der Waals surface area (Å²) in [5, 5.41) is 35.2. The molecule has 1 amide bonds. The number of hydrogen-bond acceptors (Lipinski definition) is 11. The maximum Gasteiger partial charge on any atom is 0.326 e. The first-order valence-electron chi connectivity index (χ1n) is 18.0. The molecule has 0 aliphatic carbocycles. The van der Waals surface area contributed by atoms with Crippen LogP contribution >= 0.6 is 0 Å². The molecule has 0 saturated carbocycles. The Hall–Kier alpha value is -4.92. The molecule has 14 heteroatoms. The van der Waals surface area contributed by atoms with Gasteiger partial charge in [0.1, 0.15) is 35.8 Å². The third kappa shape index (κ3) is 9.55. The lowest BCUT2D eigenvalue weighted by atomic mass is 9.78. The second kappa shape index (κ2) is 16.8. The van der Waals surface area contributed by atoms with E-state index in [1.54, 1.807) is 6.07 Å². The predicted molar refractivity (Wildman–Crippen MR) is 197 cm³/mol. The van der Waals surface area contributed by atoms with E-state index in [0.717, 1.165) is 24.0 Å². The molecule has 6 atom stereocenters. The Balaban J connectivity index is 1.28. The maximum atomic E-state index is 13.5. The number of aliphatic carboxylic acids is 1. The van der Waals surface area contributed by atoms with Gasteiger partial charge in [-0.2, -0.15) is 0 Å². The minimum absolute atomic E-state index is 0.0453. The zero-order valence-corrected chi connectivity index (χ0v) is 30.9. The molecule has 2 aromatic carbocycles. The van der Waals surface area contributed by atoms with E-state index < -0.39 is 53.8 Å². The fourth-order valence-corrected chi connectivity index (χ4v) is 7.58. The highest BCUT2D eigenvalue weighted by Gasteiger charge is 2.45. The summed E-state index contributed by atoms with van der Waals surface area (Å²) in [7, 11) is 0. The summed E-state index contributed by atoms with van der Waals surface area (Å²) in [6.07, 6.45) is 1.60. The molecular weight excluding hydrogens is 680 g/mol. The topological polar surface area (TPSA) is 212 Å². The average molecular weight is 731 g/mol. The van der Waals surface area contributed by atoms with Crippen LogP contribution in [0.4, 0.5) is 5.82 Å². The third-order valence-electron chi connectivity index (χ3n) is 9.96. The van der Waals surface area contributed by atoms with Crippen molar-refractivity contribution in [3.8, 4) is 5.75 Å². The molecule has 1 saturated heterocycles. The van der Waals surface area contributed by atoms with Crippen molar-refractivity contribution in [2.24, 2.45) is 5.92 Å². The van der Waals surface area contributed by atoms with Gasteiger partial charge < -0.3 is 35.8 Å². The number of hydrogen-bond donors (Lipinski definition) is 5. The number of carboxylic acid groups (broad SMARTS) is 1. The van der Waals surface area contributed by atoms with Gasteiger partial charge in [-0.05, 0) is 74.6 Å². The normalized spacial score (nSPS) is 19.9. The fraction of sp³-hybridized carbons (Fsp3) is 0.487. The van der Waals surface area contributed by atoms with Crippen molar-refractivity contribution in [1.29, 1.82) is 0 Å². The number of nitrogen functional groups attached to an aromatic ring is 1. The first-order valence-corrected chi connectivity index (χ1v) is 18.0. The molecule has 0 bridgehead atoms. The van der Waals surface area contributed by atoms with Gasteiger partial charge in [0.2, 0.25) is 5.91 Å². The zero-order valence-electron chi connectivity index (χ0n) is 30.9. The molecule has 0 spiro atoms. The number of ether oxygens (including phenoxy) is 2. The number of esters is 1. The van der Waals surface area contributed by atoms with Gasteiger partial charge in [0.15, 0.2) is 17.7 Å². The van der Waals surface area contributed by atoms with Crippen LogP contribution in [0, 0.1) is 19.8 Å². The van der Waals surface area contributed by atoms with Crippen LogP contribution in [0.5, 0.6) is 5.75 Å². The third-order valence-corrected chi connectivity index (χ3v) is 9.96. The average Bonchev–Trinajstić information content (AvgIpc) is 3.63. The van der Waals surface area contributed by atoms with Crippen LogP contribution < -0.4 is 15.8 Å². The Morgan fingerprint density at radius 2 is 1.77 bits per heavy atom. The highest BCUT2D eigenvalue weighted by Crippen LogP contribution is 2.39. The molecule has 4 aromatic rings. The summed E-state index contributed by atoms with van der Waals surface area (Å²) in [6.45, 7) is 8.82. The Morgan fingerprint density at radius 1 is 1.04 bits per heavy atom. The van der Waals surface area contributed by atoms with E-state index in [4.69, 9.17) is 15.2 Å². The van der Waals surface area contributed by atoms with Gasteiger partial charge in [0.25, 0.3) is 0 Å². The number of imidazole rings is 1. The van der Waals surface area contributed by atoms with Crippen LogP contribution in [0.3, 0.4) is 0 Å². The number of amides is 1. The summed E-state index contributed by atoms with van der Waals surface area (Å²) >= 11 is 0. The summed E-state index contributed by atoms with van der Waals surface area (Å²) < 4.78 is 13.3. The molecule has 2 unspecified atom stereocenters. The number of nitrogens with one attached hydrogen (secondary N) is 1. The molecule has 2 aromatic heterocycles. The predicted octanol–water partition coefficient (Wildman–Crippen LogP) is 4.32. The van der Waals surface area contributed by atoms with Crippen molar-refractivity contribution in [3.05, 3.63) is 77.4 Å². The standard InChI is InChI=1S/C39H50N6O8/c1-22-16-23(2)31(28(17-22)52-24(3)46)39(4,5)19-30(47)44-27(38(50)51)15-14-26(13-9-12-25-10-7-6-8-11-25)18-29-33(48)34(49)37(53-29)45-21-43-32-35(40)41-20-42-36(32)45/h6-8,10-11,16-17,20-21,26-27,29,33-34,37,48-49H,9,12-15,18-19H2,1-5H3,(H,44,47)(H,50,51)(H2,40,41,42)/t26-,27?,29+,33?,34-,37+/m0/s1. The van der Waals surface area contributed by atoms with Gasteiger partial charge in [0, 0.05) is 24.3 Å². The molecule has 14 nitrogen and oxygen atoms in total. The highest BCUT2D eigenvalue weighted by atomic mass is 16.6. The second-order valence-electron chi connectivity index (χ2n) is 14.8. The number of aromatic nitrogens is 4. The number of benzene rings is 2. The molecule has 6 N–H and O–H groups in total. The van der Waals surface area contributed by atoms with E-state index >= 15 is 0 Å². The van der Waals surface area contributed by atoms with Crippen LogP contribution in [-0.2, 0) is 31.0 Å². The van der Waals surface area contributed by atoms with Crippen molar-refractivity contribution in [2.75, 3.05) is 5.73 Å². The molecule has 3 heterocycles. The van der Waals surface area contributed by atoms with Crippen molar-refractivity contribution < 1.29 is 39.2 Å². The molecule has 0 radical (unpaired) electrons. The molecule has 1 aliphatic heterocycles. The van der Waals surface area contributed by atoms with Crippen LogP contribution in [0.1, 0.15) is 87.8 Å². The van der Waals surface area contributed by atoms with Gasteiger partial charge in [0.05, 0.1) is 12.4 Å². The summed E-state index contributed by atoms with van der Waals surface area (Å²) in [5.41, 5.74) is 9.50. The number of aliphatic hydroxyl groups excluding tert-OH is 2. The summed E-state index contributed by atoms with van der Waals surface area (Å²) in [4.78, 5) is 50.3. The van der Waals surface area contributed by atoms with Gasteiger partial charge in [-0.15, -0.1) is 0 Å². The minimum Gasteiger partial charge on any atom is -0.480 e. The number of rotatable bonds is 16. The van der Waals surface area contributed by atoms with Crippen LogP contribution in [-0.4, -0.2) is 77.0 Å². The van der Waals surface area contributed by atoms with Crippen LogP contribution in [0.2, 0.25) is 0 Å². The smallest absolute Gasteiger partial charge is 0.326 e. The van der Waals surface area contributed by atoms with Crippen molar-refractivity contribution in [2.45, 2.75) is 116 Å². The molecule has 53 heavy (non-hydrogen) atoms. The van der Waals surface area contributed by atoms with E-state index in [1.165, 1.54) is 29.7 Å². The Bertz CT molecular complexity index is 1910. The van der Waals surface area contributed by atoms with Crippen LogP contribution in [0.15, 0.2) is 55.1 Å². The number of aryl methyl sites for hydroxylation is 3. The van der Waals surface area contributed by atoms with Gasteiger partial charge >= 0.3 is 11.9 Å². The molecular formula is C39H50N6O8. The summed E-state index contributed by atoms with van der Waals surface area (Å²) in [5.74, 6) is -1.64. The number of aliphatic hydroxyl groups is 2. The minimum atomic E-state index is -1.29. The molecule has 1 fully saturated rings. The number of nitrogens with two attached hydrogens (primary N) is 1. The number of carbonyl (C=O) groups is 3. The SMILES string of the molecule is CC(=O)Oc1cc(C)cc(C)c1C(C)(C)CC(=O)NC(CC[C@H](CCCc1ccccc1)C[C@H]1O[C@@H](n2cnc3c(N)ncnc32)[C@@H](O)C1O)C(=O)O. The lowest BCUT2D eigenvalue weighted by Gasteiger charge is -2.29.